The summed E-state index contributed by atoms with van der Waals surface area (Å²) in [5.74, 6) is -0.720. The zero-order chi connectivity index (χ0) is 23.9. The quantitative estimate of drug-likeness (QED) is 0.493. The molecule has 1 spiro atoms. The fourth-order valence-corrected chi connectivity index (χ4v) is 8.34. The van der Waals surface area contributed by atoms with Gasteiger partial charge in [0.1, 0.15) is 18.3 Å². The van der Waals surface area contributed by atoms with E-state index in [4.69, 9.17) is 14.2 Å². The number of ether oxygens (including phenoxy) is 3. The predicted molar refractivity (Wildman–Crippen MR) is 119 cm³/mol. The van der Waals surface area contributed by atoms with Gasteiger partial charge in [-0.1, -0.05) is 32.9 Å². The summed E-state index contributed by atoms with van der Waals surface area (Å²) in [6, 6.07) is 0. The molecule has 7 heteroatoms. The number of cyclic esters (lactones) is 1. The van der Waals surface area contributed by atoms with E-state index >= 15 is 0 Å². The van der Waals surface area contributed by atoms with Crippen LogP contribution in [0.3, 0.4) is 0 Å². The first-order chi connectivity index (χ1) is 15.5. The highest BCUT2D eigenvalue weighted by Gasteiger charge is 2.85. The average molecular weight is 459 g/mol. The van der Waals surface area contributed by atoms with Gasteiger partial charge in [0.05, 0.1) is 23.9 Å². The van der Waals surface area contributed by atoms with Crippen molar-refractivity contribution in [1.29, 1.82) is 0 Å². The van der Waals surface area contributed by atoms with Crippen LogP contribution in [0.4, 0.5) is 0 Å². The van der Waals surface area contributed by atoms with Crippen LogP contribution in [0.5, 0.6) is 0 Å². The Morgan fingerprint density at radius 2 is 2.00 bits per heavy atom. The second-order valence-electron chi connectivity index (χ2n) is 11.4. The van der Waals surface area contributed by atoms with Gasteiger partial charge >= 0.3 is 11.9 Å². The maximum absolute atomic E-state index is 12.3. The third-order valence-electron chi connectivity index (χ3n) is 9.62. The van der Waals surface area contributed by atoms with E-state index in [0.29, 0.717) is 25.7 Å². The summed E-state index contributed by atoms with van der Waals surface area (Å²) in [6.07, 6.45) is 9.29. The number of carbonyl (C=O) groups excluding carboxylic acids is 2. The normalized spacial score (nSPS) is 46.7. The molecule has 0 radical (unpaired) electrons. The maximum Gasteiger partial charge on any atom is 0.331 e. The molecule has 0 aromatic carbocycles. The molecule has 2 fully saturated rings. The second-order valence-corrected chi connectivity index (χ2v) is 11.4. The fraction of sp³-hybridized carbons (Fsp3) is 0.692. The first kappa shape index (κ1) is 22.7. The lowest BCUT2D eigenvalue weighted by molar-refractivity contribution is -0.368. The number of aliphatic hydroxyl groups excluding tert-OH is 2. The first-order valence-electron chi connectivity index (χ1n) is 11.9. The number of hydrogen-bond acceptors (Lipinski definition) is 7. The van der Waals surface area contributed by atoms with Gasteiger partial charge < -0.3 is 24.4 Å². The highest BCUT2D eigenvalue weighted by molar-refractivity contribution is 5.85. The van der Waals surface area contributed by atoms with Gasteiger partial charge in [-0.25, -0.2) is 4.79 Å². The maximum atomic E-state index is 12.3. The van der Waals surface area contributed by atoms with Crippen molar-refractivity contribution >= 4 is 11.9 Å². The lowest BCUT2D eigenvalue weighted by Gasteiger charge is -2.78. The van der Waals surface area contributed by atoms with E-state index in [1.165, 1.54) is 13.0 Å². The summed E-state index contributed by atoms with van der Waals surface area (Å²) in [5.41, 5.74) is -3.09. The van der Waals surface area contributed by atoms with Gasteiger partial charge in [0, 0.05) is 23.8 Å². The smallest absolute Gasteiger partial charge is 0.331 e. The number of hydrogen-bond donors (Lipinski definition) is 2. The van der Waals surface area contributed by atoms with Gasteiger partial charge in [-0.3, -0.25) is 4.79 Å². The summed E-state index contributed by atoms with van der Waals surface area (Å²) < 4.78 is 17.7. The predicted octanol–water partition coefficient (Wildman–Crippen LogP) is 2.96. The monoisotopic (exact) mass is 458 g/mol. The van der Waals surface area contributed by atoms with Gasteiger partial charge in [-0.05, 0) is 49.2 Å². The third kappa shape index (κ3) is 2.53. The summed E-state index contributed by atoms with van der Waals surface area (Å²) in [6.45, 7) is 8.00. The molecule has 0 saturated heterocycles. The molecule has 3 aliphatic carbocycles. The second kappa shape index (κ2) is 6.95. The molecule has 5 aliphatic rings. The van der Waals surface area contributed by atoms with Crippen molar-refractivity contribution < 1.29 is 34.0 Å². The minimum Gasteiger partial charge on any atom is -0.493 e. The van der Waals surface area contributed by atoms with Crippen molar-refractivity contribution in [2.24, 2.45) is 21.7 Å². The number of carbonyl (C=O) groups is 2. The molecule has 0 unspecified atom stereocenters. The minimum absolute atomic E-state index is 0.252. The summed E-state index contributed by atoms with van der Waals surface area (Å²) in [5, 5.41) is 23.6. The number of rotatable bonds is 4. The van der Waals surface area contributed by atoms with Crippen molar-refractivity contribution in [2.75, 3.05) is 6.61 Å². The van der Waals surface area contributed by atoms with Gasteiger partial charge in [0.25, 0.3) is 0 Å². The number of aliphatic hydroxyl groups is 2. The van der Waals surface area contributed by atoms with Crippen LogP contribution in [-0.2, 0) is 23.8 Å². The van der Waals surface area contributed by atoms with Gasteiger partial charge in [0.15, 0.2) is 0 Å². The van der Waals surface area contributed by atoms with E-state index in [0.717, 1.165) is 12.0 Å². The molecule has 0 aromatic heterocycles. The highest BCUT2D eigenvalue weighted by atomic mass is 16.5. The van der Waals surface area contributed by atoms with Crippen LogP contribution in [-0.4, -0.2) is 52.7 Å². The molecule has 2 aliphatic heterocycles. The molecule has 180 valence electrons. The number of esters is 2. The van der Waals surface area contributed by atoms with Crippen LogP contribution in [0.1, 0.15) is 59.8 Å². The van der Waals surface area contributed by atoms with Gasteiger partial charge in [0.2, 0.25) is 0 Å². The highest BCUT2D eigenvalue weighted by Crippen LogP contribution is 2.79. The Balaban J connectivity index is 1.76. The Morgan fingerprint density at radius 3 is 2.67 bits per heavy atom. The Hall–Kier alpha value is -2.12. The van der Waals surface area contributed by atoms with E-state index in [2.05, 4.69) is 20.8 Å². The van der Waals surface area contributed by atoms with Crippen LogP contribution in [0.2, 0.25) is 0 Å². The van der Waals surface area contributed by atoms with Crippen molar-refractivity contribution in [1.82, 2.24) is 0 Å². The molecule has 0 amide bonds. The Morgan fingerprint density at radius 1 is 1.24 bits per heavy atom. The molecule has 2 saturated carbocycles. The van der Waals surface area contributed by atoms with Crippen LogP contribution < -0.4 is 0 Å². The molecule has 2 heterocycles. The van der Waals surface area contributed by atoms with Crippen LogP contribution >= 0.6 is 0 Å². The van der Waals surface area contributed by atoms with E-state index in [1.54, 1.807) is 12.3 Å². The molecule has 5 rings (SSSR count). The zero-order valence-corrected chi connectivity index (χ0v) is 19.8. The fourth-order valence-electron chi connectivity index (χ4n) is 8.34. The molecule has 0 aromatic rings. The lowest BCUT2D eigenvalue weighted by Crippen LogP contribution is -2.85. The summed E-state index contributed by atoms with van der Waals surface area (Å²) in [4.78, 5) is 23.9. The average Bonchev–Trinajstić information content (AvgIpc) is 3.15. The Kier molecular flexibility index (Phi) is 4.77. The molecule has 33 heavy (non-hydrogen) atoms. The topological polar surface area (TPSA) is 102 Å². The molecule has 2 N–H and O–H groups in total. The van der Waals surface area contributed by atoms with Gasteiger partial charge in [-0.2, -0.15) is 0 Å². The summed E-state index contributed by atoms with van der Waals surface area (Å²) in [7, 11) is 0. The van der Waals surface area contributed by atoms with Crippen LogP contribution in [0, 0.1) is 21.7 Å². The molecular weight excluding hydrogens is 424 g/mol. The molecule has 7 atom stereocenters. The van der Waals surface area contributed by atoms with E-state index < -0.39 is 45.6 Å². The van der Waals surface area contributed by atoms with Crippen molar-refractivity contribution in [3.8, 4) is 0 Å². The minimum atomic E-state index is -1.14. The molecular formula is C26H34O7. The van der Waals surface area contributed by atoms with E-state index in [-0.39, 0.29) is 18.5 Å². The van der Waals surface area contributed by atoms with E-state index in [1.807, 2.05) is 12.2 Å². The lowest BCUT2D eigenvalue weighted by atomic mass is 9.29. The van der Waals surface area contributed by atoms with Crippen molar-refractivity contribution in [3.05, 3.63) is 36.1 Å². The Bertz CT molecular complexity index is 979. The first-order valence-corrected chi connectivity index (χ1v) is 11.9. The molecule has 4 bridgehead atoms. The van der Waals surface area contributed by atoms with Crippen LogP contribution in [0.15, 0.2) is 36.1 Å². The van der Waals surface area contributed by atoms with Crippen molar-refractivity contribution in [3.63, 3.8) is 0 Å². The standard InChI is InChI=1S/C26H34O7/c1-16(27)33-20-14-23(4)9-7-19(29)26-18(28)6-8-22(2,3)24(20,26)11-12-32-25(23,26)10-5-17-13-21(30)31-15-17/h7,9,11-13,18-20,28-29H,5-6,8,10,14-15H2,1-4H3/t18-,19-,20-,23+,24+,25-,26+/m1/s1. The third-order valence-corrected chi connectivity index (χ3v) is 9.62. The SMILES string of the molecule is CC(=O)O[C@@H]1C[C@]2(C)C=C[C@@H](O)[C@@]34[C@H](O)CCC(C)(C)[C@]13C=CO[C@@]42CCC1=CC(=O)OC1. The summed E-state index contributed by atoms with van der Waals surface area (Å²) >= 11 is 0. The molecule has 7 nitrogen and oxygen atoms in total. The van der Waals surface area contributed by atoms with E-state index in [9.17, 15) is 19.8 Å². The van der Waals surface area contributed by atoms with Crippen molar-refractivity contribution in [2.45, 2.75) is 83.7 Å². The van der Waals surface area contributed by atoms with Crippen LogP contribution in [0.25, 0.3) is 0 Å². The Labute approximate surface area is 194 Å². The zero-order valence-electron chi connectivity index (χ0n) is 19.8. The van der Waals surface area contributed by atoms with Gasteiger partial charge in [-0.15, -0.1) is 0 Å². The largest absolute Gasteiger partial charge is 0.493 e.